The maximum absolute atomic E-state index is 12.4. The summed E-state index contributed by atoms with van der Waals surface area (Å²) in [5.41, 5.74) is 7.19. The molecule has 1 fully saturated rings. The van der Waals surface area contributed by atoms with Gasteiger partial charge < -0.3 is 10.6 Å². The maximum atomic E-state index is 12.4. The fraction of sp³-hybridized carbons (Fsp3) is 0.533. The normalized spacial score (nSPS) is 25.1. The van der Waals surface area contributed by atoms with Gasteiger partial charge in [0.05, 0.1) is 6.04 Å². The third kappa shape index (κ3) is 3.98. The van der Waals surface area contributed by atoms with Crippen LogP contribution >= 0.6 is 11.8 Å². The Balaban J connectivity index is 1.95. The molecular weight excluding hydrogens is 256 g/mol. The van der Waals surface area contributed by atoms with E-state index < -0.39 is 6.04 Å². The van der Waals surface area contributed by atoms with E-state index in [0.29, 0.717) is 16.9 Å². The molecule has 0 aromatic heterocycles. The minimum absolute atomic E-state index is 0.0860. The molecule has 0 saturated carbocycles. The van der Waals surface area contributed by atoms with Crippen molar-refractivity contribution >= 4 is 17.7 Å². The van der Waals surface area contributed by atoms with Crippen LogP contribution in [0.15, 0.2) is 30.3 Å². The van der Waals surface area contributed by atoms with Crippen LogP contribution in [0.5, 0.6) is 0 Å². The van der Waals surface area contributed by atoms with Crippen molar-refractivity contribution in [1.82, 2.24) is 4.90 Å². The lowest BCUT2D eigenvalue weighted by atomic mass is 10.1. The molecule has 1 heterocycles. The number of rotatable bonds is 3. The summed E-state index contributed by atoms with van der Waals surface area (Å²) in [5.74, 6) is 0.0860. The van der Waals surface area contributed by atoms with Crippen molar-refractivity contribution in [2.75, 3.05) is 13.1 Å². The van der Waals surface area contributed by atoms with Gasteiger partial charge in [0.25, 0.3) is 0 Å². The number of amides is 1. The lowest BCUT2D eigenvalue weighted by Gasteiger charge is -2.36. The molecule has 0 bridgehead atoms. The van der Waals surface area contributed by atoms with E-state index in [1.807, 2.05) is 47.0 Å². The molecule has 2 unspecified atom stereocenters. The zero-order chi connectivity index (χ0) is 13.8. The molecule has 1 saturated heterocycles. The highest BCUT2D eigenvalue weighted by molar-refractivity contribution is 8.00. The van der Waals surface area contributed by atoms with Crippen molar-refractivity contribution in [2.45, 2.75) is 36.8 Å². The van der Waals surface area contributed by atoms with Crippen LogP contribution in [-0.4, -0.2) is 40.4 Å². The maximum Gasteiger partial charge on any atom is 0.239 e. The second-order valence-electron chi connectivity index (χ2n) is 5.30. The molecule has 1 aromatic rings. The van der Waals surface area contributed by atoms with Crippen LogP contribution in [0, 0.1) is 0 Å². The molecule has 4 heteroatoms. The topological polar surface area (TPSA) is 46.3 Å². The molecule has 1 aromatic carbocycles. The first kappa shape index (κ1) is 14.4. The summed E-state index contributed by atoms with van der Waals surface area (Å²) in [5, 5.41) is 0.994. The van der Waals surface area contributed by atoms with Crippen LogP contribution < -0.4 is 5.73 Å². The number of nitrogens with two attached hydrogens (primary N) is 1. The van der Waals surface area contributed by atoms with E-state index in [1.165, 1.54) is 0 Å². The second kappa shape index (κ2) is 6.44. The number of carbonyl (C=O) groups excluding carboxylic acids is 1. The summed E-state index contributed by atoms with van der Waals surface area (Å²) in [6, 6.07) is 9.55. The van der Waals surface area contributed by atoms with Gasteiger partial charge in [-0.25, -0.2) is 0 Å². The Morgan fingerprint density at radius 3 is 2.47 bits per heavy atom. The van der Waals surface area contributed by atoms with E-state index in [4.69, 9.17) is 5.73 Å². The first-order valence-electron chi connectivity index (χ1n) is 6.80. The van der Waals surface area contributed by atoms with Crippen molar-refractivity contribution in [3.8, 4) is 0 Å². The molecule has 0 aliphatic carbocycles. The van der Waals surface area contributed by atoms with Crippen molar-refractivity contribution in [2.24, 2.45) is 5.73 Å². The smallest absolute Gasteiger partial charge is 0.239 e. The van der Waals surface area contributed by atoms with Crippen LogP contribution in [0.3, 0.4) is 0 Å². The Labute approximate surface area is 119 Å². The quantitative estimate of drug-likeness (QED) is 0.918. The van der Waals surface area contributed by atoms with Crippen molar-refractivity contribution in [3.63, 3.8) is 0 Å². The molecular formula is C15H22N2OS. The first-order chi connectivity index (χ1) is 9.06. The number of thioether (sulfide) groups is 1. The third-order valence-electron chi connectivity index (χ3n) is 3.35. The molecule has 1 aliphatic rings. The average Bonchev–Trinajstić information content (AvgIpc) is 2.37. The fourth-order valence-corrected chi connectivity index (χ4v) is 3.87. The van der Waals surface area contributed by atoms with Gasteiger partial charge in [-0.3, -0.25) is 4.79 Å². The van der Waals surface area contributed by atoms with Gasteiger partial charge in [-0.1, -0.05) is 44.2 Å². The molecule has 3 atom stereocenters. The monoisotopic (exact) mass is 278 g/mol. The lowest BCUT2D eigenvalue weighted by Crippen LogP contribution is -2.51. The number of nitrogens with zero attached hydrogens (tertiary/aromatic N) is 1. The van der Waals surface area contributed by atoms with E-state index in [0.717, 1.165) is 18.7 Å². The summed E-state index contributed by atoms with van der Waals surface area (Å²) < 4.78 is 0. The van der Waals surface area contributed by atoms with Crippen LogP contribution in [-0.2, 0) is 11.2 Å². The first-order valence-corrected chi connectivity index (χ1v) is 7.74. The largest absolute Gasteiger partial charge is 0.339 e. The minimum Gasteiger partial charge on any atom is -0.339 e. The standard InChI is InChI=1S/C15H22N2OS/c1-11-9-17(10-12(2)19-11)15(18)14(16)8-13-6-4-3-5-7-13/h3-7,11-12,14H,8-10,16H2,1-2H3/t11?,12?,14-/m1/s1. The fourth-order valence-electron chi connectivity index (χ4n) is 2.55. The van der Waals surface area contributed by atoms with Gasteiger partial charge in [-0.05, 0) is 12.0 Å². The van der Waals surface area contributed by atoms with E-state index in [1.54, 1.807) is 0 Å². The Bertz CT molecular complexity index is 413. The van der Waals surface area contributed by atoms with Crippen LogP contribution in [0.25, 0.3) is 0 Å². The van der Waals surface area contributed by atoms with Gasteiger partial charge >= 0.3 is 0 Å². The Kier molecular flexibility index (Phi) is 4.88. The third-order valence-corrected chi connectivity index (χ3v) is 4.57. The number of hydrogen-bond donors (Lipinski definition) is 1. The molecule has 19 heavy (non-hydrogen) atoms. The molecule has 104 valence electrons. The summed E-state index contributed by atoms with van der Waals surface area (Å²) >= 11 is 1.94. The lowest BCUT2D eigenvalue weighted by molar-refractivity contribution is -0.132. The van der Waals surface area contributed by atoms with Gasteiger partial charge in [0, 0.05) is 23.6 Å². The van der Waals surface area contributed by atoms with Gasteiger partial charge in [0.2, 0.25) is 5.91 Å². The molecule has 1 aliphatic heterocycles. The van der Waals surface area contributed by atoms with Crippen molar-refractivity contribution in [3.05, 3.63) is 35.9 Å². The zero-order valence-electron chi connectivity index (χ0n) is 11.6. The van der Waals surface area contributed by atoms with E-state index in [2.05, 4.69) is 13.8 Å². The highest BCUT2D eigenvalue weighted by atomic mass is 32.2. The second-order valence-corrected chi connectivity index (χ2v) is 7.18. The number of benzene rings is 1. The van der Waals surface area contributed by atoms with Gasteiger partial charge in [0.1, 0.15) is 0 Å². The number of hydrogen-bond acceptors (Lipinski definition) is 3. The summed E-state index contributed by atoms with van der Waals surface area (Å²) in [4.78, 5) is 14.3. The van der Waals surface area contributed by atoms with E-state index >= 15 is 0 Å². The van der Waals surface area contributed by atoms with Gasteiger partial charge in [-0.15, -0.1) is 0 Å². The Morgan fingerprint density at radius 1 is 1.32 bits per heavy atom. The molecule has 0 spiro atoms. The average molecular weight is 278 g/mol. The van der Waals surface area contributed by atoms with Crippen LogP contribution in [0.4, 0.5) is 0 Å². The Hall–Kier alpha value is -1.00. The highest BCUT2D eigenvalue weighted by Crippen LogP contribution is 2.25. The molecule has 1 amide bonds. The zero-order valence-corrected chi connectivity index (χ0v) is 12.4. The van der Waals surface area contributed by atoms with Crippen molar-refractivity contribution in [1.29, 1.82) is 0 Å². The molecule has 2 N–H and O–H groups in total. The summed E-state index contributed by atoms with van der Waals surface area (Å²) in [7, 11) is 0. The van der Waals surface area contributed by atoms with E-state index in [9.17, 15) is 4.79 Å². The van der Waals surface area contributed by atoms with E-state index in [-0.39, 0.29) is 5.91 Å². The predicted octanol–water partition coefficient (Wildman–Crippen LogP) is 1.91. The molecule has 3 nitrogen and oxygen atoms in total. The van der Waals surface area contributed by atoms with Gasteiger partial charge in [0.15, 0.2) is 0 Å². The van der Waals surface area contributed by atoms with Crippen LogP contribution in [0.2, 0.25) is 0 Å². The van der Waals surface area contributed by atoms with Crippen molar-refractivity contribution < 1.29 is 4.79 Å². The van der Waals surface area contributed by atoms with Gasteiger partial charge in [-0.2, -0.15) is 11.8 Å². The molecule has 2 rings (SSSR count). The highest BCUT2D eigenvalue weighted by Gasteiger charge is 2.28. The molecule has 0 radical (unpaired) electrons. The predicted molar refractivity (Wildman–Crippen MR) is 81.2 cm³/mol. The Morgan fingerprint density at radius 2 is 1.89 bits per heavy atom. The minimum atomic E-state index is -0.426. The SMILES string of the molecule is CC1CN(C(=O)[C@H](N)Cc2ccccc2)CC(C)S1. The van der Waals surface area contributed by atoms with Crippen LogP contribution in [0.1, 0.15) is 19.4 Å². The summed E-state index contributed by atoms with van der Waals surface area (Å²) in [6.07, 6.45) is 0.617. The number of carbonyl (C=O) groups is 1. The summed E-state index contributed by atoms with van der Waals surface area (Å²) in [6.45, 7) is 5.97.